The number of hydrogen-bond donors (Lipinski definition) is 2. The molecule has 0 radical (unpaired) electrons. The van der Waals surface area contributed by atoms with E-state index in [0.717, 1.165) is 17.7 Å². The first kappa shape index (κ1) is 24.4. The number of anilines is 1. The SMILES string of the molecule is O=C(Nc1ccc(Cl)c(Cl)c1)[C@H](Cc1ccccc1)NC(=O)N1C[C@@H]2C[C@@H](C1)c1cccc(=O)n1C2. The largest absolute Gasteiger partial charge is 0.326 e. The Kier molecular flexibility index (Phi) is 7.03. The Hall–Kier alpha value is -3.29. The number of halogens is 2. The van der Waals surface area contributed by atoms with Gasteiger partial charge in [0, 0.05) is 49.4 Å². The van der Waals surface area contributed by atoms with E-state index in [1.807, 2.05) is 41.0 Å². The molecule has 0 spiro atoms. The van der Waals surface area contributed by atoms with Gasteiger partial charge in [-0.25, -0.2) is 4.79 Å². The molecule has 0 aliphatic carbocycles. The molecule has 186 valence electrons. The van der Waals surface area contributed by atoms with Gasteiger partial charge in [-0.15, -0.1) is 0 Å². The Labute approximate surface area is 219 Å². The van der Waals surface area contributed by atoms with E-state index in [4.69, 9.17) is 23.2 Å². The first-order valence-corrected chi connectivity index (χ1v) is 12.7. The second kappa shape index (κ2) is 10.4. The molecule has 2 N–H and O–H groups in total. The Bertz CT molecular complexity index is 1340. The van der Waals surface area contributed by atoms with E-state index in [9.17, 15) is 14.4 Å². The quantitative estimate of drug-likeness (QED) is 0.514. The summed E-state index contributed by atoms with van der Waals surface area (Å²) in [6, 6.07) is 18.6. The van der Waals surface area contributed by atoms with E-state index < -0.39 is 6.04 Å². The molecule has 5 rings (SSSR count). The highest BCUT2D eigenvalue weighted by atomic mass is 35.5. The number of fused-ring (bicyclic) bond motifs is 4. The number of aromatic nitrogens is 1. The Balaban J connectivity index is 1.33. The van der Waals surface area contributed by atoms with Crippen LogP contribution in [0.15, 0.2) is 71.5 Å². The number of urea groups is 1. The lowest BCUT2D eigenvalue weighted by Gasteiger charge is -2.43. The average Bonchev–Trinajstić information content (AvgIpc) is 2.87. The van der Waals surface area contributed by atoms with Gasteiger partial charge in [0.25, 0.3) is 5.56 Å². The van der Waals surface area contributed by atoms with Gasteiger partial charge in [0.15, 0.2) is 0 Å². The van der Waals surface area contributed by atoms with E-state index in [-0.39, 0.29) is 29.3 Å². The van der Waals surface area contributed by atoms with Crippen molar-refractivity contribution < 1.29 is 9.59 Å². The minimum atomic E-state index is -0.800. The zero-order valence-electron chi connectivity index (χ0n) is 19.5. The molecule has 1 saturated heterocycles. The highest BCUT2D eigenvalue weighted by molar-refractivity contribution is 6.42. The third kappa shape index (κ3) is 5.27. The molecule has 36 heavy (non-hydrogen) atoms. The summed E-state index contributed by atoms with van der Waals surface area (Å²) >= 11 is 12.1. The first-order valence-electron chi connectivity index (χ1n) is 11.9. The van der Waals surface area contributed by atoms with Gasteiger partial charge in [-0.3, -0.25) is 9.59 Å². The van der Waals surface area contributed by atoms with Crippen LogP contribution in [0.5, 0.6) is 0 Å². The summed E-state index contributed by atoms with van der Waals surface area (Å²) in [6.45, 7) is 1.63. The molecule has 9 heteroatoms. The second-order valence-electron chi connectivity index (χ2n) is 9.41. The minimum Gasteiger partial charge on any atom is -0.326 e. The van der Waals surface area contributed by atoms with Crippen LogP contribution in [0.25, 0.3) is 0 Å². The molecule has 2 aromatic carbocycles. The number of likely N-dealkylation sites (tertiary alicyclic amines) is 1. The fourth-order valence-corrected chi connectivity index (χ4v) is 5.46. The molecule has 1 fully saturated rings. The molecule has 1 aromatic heterocycles. The van der Waals surface area contributed by atoms with Crippen LogP contribution in [0.1, 0.15) is 23.6 Å². The van der Waals surface area contributed by atoms with Gasteiger partial charge in [0.05, 0.1) is 10.0 Å². The zero-order chi connectivity index (χ0) is 25.2. The highest BCUT2D eigenvalue weighted by Crippen LogP contribution is 2.35. The van der Waals surface area contributed by atoms with Gasteiger partial charge in [0.1, 0.15) is 6.04 Å². The molecule has 3 amide bonds. The fourth-order valence-electron chi connectivity index (χ4n) is 5.16. The zero-order valence-corrected chi connectivity index (χ0v) is 21.0. The number of nitrogens with zero attached hydrogens (tertiary/aromatic N) is 2. The Morgan fingerprint density at radius 3 is 2.53 bits per heavy atom. The van der Waals surface area contributed by atoms with Crippen molar-refractivity contribution in [3.05, 3.63) is 98.4 Å². The molecule has 2 aliphatic heterocycles. The lowest BCUT2D eigenvalue weighted by Crippen LogP contribution is -2.55. The van der Waals surface area contributed by atoms with E-state index in [2.05, 4.69) is 10.6 Å². The number of benzene rings is 2. The molecule has 7 nitrogen and oxygen atoms in total. The van der Waals surface area contributed by atoms with Crippen LogP contribution in [-0.4, -0.2) is 40.5 Å². The van der Waals surface area contributed by atoms with Gasteiger partial charge in [0.2, 0.25) is 5.91 Å². The minimum absolute atomic E-state index is 0.00185. The van der Waals surface area contributed by atoms with Crippen molar-refractivity contribution in [3.8, 4) is 0 Å². The van der Waals surface area contributed by atoms with Crippen molar-refractivity contribution in [2.45, 2.75) is 31.3 Å². The van der Waals surface area contributed by atoms with Crippen molar-refractivity contribution in [3.63, 3.8) is 0 Å². The smallest absolute Gasteiger partial charge is 0.318 e. The summed E-state index contributed by atoms with van der Waals surface area (Å²) in [4.78, 5) is 40.7. The van der Waals surface area contributed by atoms with Crippen LogP contribution in [0.2, 0.25) is 10.0 Å². The highest BCUT2D eigenvalue weighted by Gasteiger charge is 2.37. The monoisotopic (exact) mass is 524 g/mol. The molecule has 2 aliphatic rings. The maximum atomic E-state index is 13.4. The topological polar surface area (TPSA) is 83.4 Å². The molecule has 3 heterocycles. The Morgan fingerprint density at radius 2 is 1.75 bits per heavy atom. The van der Waals surface area contributed by atoms with Crippen molar-refractivity contribution >= 4 is 40.8 Å². The first-order chi connectivity index (χ1) is 17.4. The van der Waals surface area contributed by atoms with Gasteiger partial charge in [-0.1, -0.05) is 59.6 Å². The van der Waals surface area contributed by atoms with Crippen LogP contribution in [0.4, 0.5) is 10.5 Å². The predicted octanol–water partition coefficient (Wildman–Crippen LogP) is 4.53. The van der Waals surface area contributed by atoms with Crippen molar-refractivity contribution in [2.75, 3.05) is 18.4 Å². The van der Waals surface area contributed by atoms with E-state index in [1.54, 1.807) is 35.2 Å². The number of rotatable bonds is 5. The number of pyridine rings is 1. The summed E-state index contributed by atoms with van der Waals surface area (Å²) in [5.74, 6) is -0.0610. The number of amides is 3. The summed E-state index contributed by atoms with van der Waals surface area (Å²) in [6.07, 6.45) is 1.27. The van der Waals surface area contributed by atoms with E-state index in [1.165, 1.54) is 0 Å². The third-order valence-electron chi connectivity index (χ3n) is 6.85. The number of hydrogen-bond acceptors (Lipinski definition) is 3. The lowest BCUT2D eigenvalue weighted by atomic mass is 9.83. The number of piperidine rings is 1. The van der Waals surface area contributed by atoms with Crippen LogP contribution in [0.3, 0.4) is 0 Å². The van der Waals surface area contributed by atoms with Crippen LogP contribution in [-0.2, 0) is 17.8 Å². The summed E-state index contributed by atoms with van der Waals surface area (Å²) < 4.78 is 1.83. The number of nitrogens with one attached hydrogen (secondary N) is 2. The molecule has 3 atom stereocenters. The Morgan fingerprint density at radius 1 is 0.944 bits per heavy atom. The predicted molar refractivity (Wildman–Crippen MR) is 141 cm³/mol. The summed E-state index contributed by atoms with van der Waals surface area (Å²) in [5.41, 5.74) is 2.39. The molecular formula is C27H26Cl2N4O3. The molecule has 0 saturated carbocycles. The maximum Gasteiger partial charge on any atom is 0.318 e. The van der Waals surface area contributed by atoms with Gasteiger partial charge in [-0.2, -0.15) is 0 Å². The molecular weight excluding hydrogens is 499 g/mol. The van der Waals surface area contributed by atoms with Crippen LogP contribution >= 0.6 is 23.2 Å². The van der Waals surface area contributed by atoms with Gasteiger partial charge >= 0.3 is 6.03 Å². The fraction of sp³-hybridized carbons (Fsp3) is 0.296. The normalized spacial score (nSPS) is 19.2. The standard InChI is InChI=1S/C27H26Cl2N4O3/c28-21-10-9-20(13-22(21)29)30-26(35)23(12-17-5-2-1-3-6-17)31-27(36)32-14-18-11-19(16-32)24-7-4-8-25(34)33(24)15-18/h1-10,13,18-19,23H,11-12,14-16H2,(H,30,35)(H,31,36)/t18-,19-,23-/m0/s1. The molecule has 3 aromatic rings. The van der Waals surface area contributed by atoms with Crippen molar-refractivity contribution in [2.24, 2.45) is 5.92 Å². The van der Waals surface area contributed by atoms with Crippen molar-refractivity contribution in [1.29, 1.82) is 0 Å². The van der Waals surface area contributed by atoms with Crippen LogP contribution in [0, 0.1) is 5.92 Å². The molecule has 2 bridgehead atoms. The van der Waals surface area contributed by atoms with Gasteiger partial charge in [-0.05, 0) is 42.2 Å². The van der Waals surface area contributed by atoms with E-state index in [0.29, 0.717) is 41.8 Å². The van der Waals surface area contributed by atoms with Gasteiger partial charge < -0.3 is 20.1 Å². The van der Waals surface area contributed by atoms with Crippen LogP contribution < -0.4 is 16.2 Å². The van der Waals surface area contributed by atoms with E-state index >= 15 is 0 Å². The lowest BCUT2D eigenvalue weighted by molar-refractivity contribution is -0.118. The summed E-state index contributed by atoms with van der Waals surface area (Å²) in [5, 5.41) is 6.52. The molecule has 0 unspecified atom stereocenters. The second-order valence-corrected chi connectivity index (χ2v) is 10.2. The van der Waals surface area contributed by atoms with Crippen molar-refractivity contribution in [1.82, 2.24) is 14.8 Å². The number of carbonyl (C=O) groups is 2. The summed E-state index contributed by atoms with van der Waals surface area (Å²) in [7, 11) is 0. The maximum absolute atomic E-state index is 13.4. The third-order valence-corrected chi connectivity index (χ3v) is 7.59. The number of carbonyl (C=O) groups excluding carboxylic acids is 2. The average molecular weight is 525 g/mol.